The Morgan fingerprint density at radius 1 is 0.827 bits per heavy atom. The van der Waals surface area contributed by atoms with Gasteiger partial charge in [-0.2, -0.15) is 26.3 Å². The molecule has 282 valence electrons. The molecule has 2 N–H and O–H groups in total. The van der Waals surface area contributed by atoms with E-state index in [9.17, 15) is 45.5 Å². The fourth-order valence-electron chi connectivity index (χ4n) is 3.73. The first-order chi connectivity index (χ1) is 24.1. The van der Waals surface area contributed by atoms with Crippen LogP contribution in [0.25, 0.3) is 11.3 Å². The predicted molar refractivity (Wildman–Crippen MR) is 193 cm³/mol. The Morgan fingerprint density at radius 3 is 1.79 bits per heavy atom. The van der Waals surface area contributed by atoms with Crippen molar-refractivity contribution < 1.29 is 40.7 Å². The van der Waals surface area contributed by atoms with Gasteiger partial charge < -0.3 is 10.5 Å². The number of aryl methyl sites for hydroxylation is 3. The van der Waals surface area contributed by atoms with E-state index < -0.39 is 45.3 Å². The average Bonchev–Trinajstić information content (AvgIpc) is 3.03. The van der Waals surface area contributed by atoms with Crippen LogP contribution in [0.4, 0.5) is 32.2 Å². The molecule has 0 bridgehead atoms. The number of ether oxygens (including phenoxy) is 1. The van der Waals surface area contributed by atoms with Crippen molar-refractivity contribution in [2.45, 2.75) is 53.4 Å². The fraction of sp³-hybridized carbons (Fsp3) is 0.281. The monoisotopic (exact) mass is 930 g/mol. The summed E-state index contributed by atoms with van der Waals surface area (Å²) in [5, 5.41) is 0. The van der Waals surface area contributed by atoms with Gasteiger partial charge in [-0.1, -0.05) is 0 Å². The third-order valence-corrected chi connectivity index (χ3v) is 6.66. The third-order valence-electron chi connectivity index (χ3n) is 5.95. The van der Waals surface area contributed by atoms with Crippen LogP contribution >= 0.6 is 44.2 Å². The molecule has 0 unspecified atom stereocenters. The largest absolute Gasteiger partial charge is 0.466 e. The number of carbonyl (C=O) groups excluding carboxylic acids is 2. The van der Waals surface area contributed by atoms with Crippen LogP contribution in [0.2, 0.25) is 0 Å². The highest BCUT2D eigenvalue weighted by molar-refractivity contribution is 9.93. The van der Waals surface area contributed by atoms with Crippen molar-refractivity contribution in [2.24, 2.45) is 0 Å². The molecule has 0 spiro atoms. The number of esters is 1. The van der Waals surface area contributed by atoms with Gasteiger partial charge in [-0.05, 0) is 104 Å². The van der Waals surface area contributed by atoms with Gasteiger partial charge in [0.05, 0.1) is 6.61 Å². The van der Waals surface area contributed by atoms with Gasteiger partial charge in [-0.25, -0.2) is 15.0 Å². The van der Waals surface area contributed by atoms with Crippen LogP contribution in [0.3, 0.4) is 0 Å². The zero-order chi connectivity index (χ0) is 40.0. The first-order valence-electron chi connectivity index (χ1n) is 14.4. The average molecular weight is 933 g/mol. The highest BCUT2D eigenvalue weighted by atomic mass is 80.9. The molecule has 0 fully saturated rings. The number of halogens is 9. The Morgan fingerprint density at radius 2 is 1.35 bits per heavy atom. The number of pyridine rings is 3. The van der Waals surface area contributed by atoms with Gasteiger partial charge in [-0.15, -0.1) is 0 Å². The maximum absolute atomic E-state index is 12.6. The fourth-order valence-corrected chi connectivity index (χ4v) is 4.24. The molecule has 0 aliphatic carbocycles. The Hall–Kier alpha value is -4.17. The van der Waals surface area contributed by atoms with Crippen molar-refractivity contribution in [1.82, 2.24) is 23.8 Å². The summed E-state index contributed by atoms with van der Waals surface area (Å²) in [4.78, 5) is 54.4. The molecule has 52 heavy (non-hydrogen) atoms. The van der Waals surface area contributed by atoms with Gasteiger partial charge in [0.1, 0.15) is 33.8 Å². The quantitative estimate of drug-likeness (QED) is 0.108. The summed E-state index contributed by atoms with van der Waals surface area (Å²) in [5.74, 6) is -0.0107. The number of nitrogen functional groups attached to an aromatic ring is 1. The second-order valence-corrected chi connectivity index (χ2v) is 11.2. The van der Waals surface area contributed by atoms with Gasteiger partial charge in [0.2, 0.25) is 0 Å². The van der Waals surface area contributed by atoms with Crippen LogP contribution in [0, 0.1) is 20.8 Å². The number of carbonyl (C=O) groups is 2. The topological polar surface area (TPSA) is 151 Å². The third kappa shape index (κ3) is 14.8. The summed E-state index contributed by atoms with van der Waals surface area (Å²) in [7, 11) is 0. The lowest BCUT2D eigenvalue weighted by molar-refractivity contribution is -0.145. The summed E-state index contributed by atoms with van der Waals surface area (Å²) < 4.78 is 81.1. The molecule has 0 aliphatic heterocycles. The molecule has 5 heterocycles. The van der Waals surface area contributed by atoms with Crippen molar-refractivity contribution >= 4 is 73.1 Å². The molecule has 0 radical (unpaired) electrons. The van der Waals surface area contributed by atoms with Gasteiger partial charge >= 0.3 is 18.3 Å². The number of Topliss-reactive ketones (excluding diaryl/α,β-unsaturated/α-hetero) is 1. The molecule has 0 amide bonds. The second-order valence-electron chi connectivity index (χ2n) is 10.4. The number of rotatable bonds is 3. The number of anilines is 1. The minimum Gasteiger partial charge on any atom is -0.466 e. The lowest BCUT2D eigenvalue weighted by atomic mass is 10.3. The van der Waals surface area contributed by atoms with Gasteiger partial charge in [0.25, 0.3) is 11.1 Å². The van der Waals surface area contributed by atoms with Crippen molar-refractivity contribution in [1.29, 1.82) is 0 Å². The Kier molecular flexibility index (Phi) is 18.3. The lowest BCUT2D eigenvalue weighted by Gasteiger charge is -2.09. The molecule has 0 saturated carbocycles. The number of aromatic nitrogens is 5. The number of nitrogens with two attached hydrogens (primary N) is 1. The number of fused-ring (bicyclic) bond motifs is 2. The SMILES string of the molecule is BrBr.CCOC(=O)CC(C)=O.Cc1ccn2c(=O)c(Br)c(C(F)(F)F)nc2c1.Cc1ccn2c(=O)cc(C(F)(F)F)nc2c1.Cc1ccnc(N)c1. The summed E-state index contributed by atoms with van der Waals surface area (Å²) >= 11 is 8.14. The number of ketones is 1. The van der Waals surface area contributed by atoms with Crippen LogP contribution in [0.15, 0.2) is 75.1 Å². The molecular formula is C32H31Br3F6N6O5. The Labute approximate surface area is 316 Å². The van der Waals surface area contributed by atoms with Crippen molar-refractivity contribution in [3.63, 3.8) is 0 Å². The van der Waals surface area contributed by atoms with E-state index in [1.54, 1.807) is 39.1 Å². The first-order valence-corrected chi connectivity index (χ1v) is 18.9. The van der Waals surface area contributed by atoms with E-state index in [1.165, 1.54) is 31.5 Å². The van der Waals surface area contributed by atoms with Crippen molar-refractivity contribution in [2.75, 3.05) is 12.3 Å². The van der Waals surface area contributed by atoms with E-state index in [0.29, 0.717) is 18.5 Å². The van der Waals surface area contributed by atoms with E-state index in [2.05, 4.69) is 63.9 Å². The van der Waals surface area contributed by atoms with Crippen LogP contribution in [0.5, 0.6) is 0 Å². The maximum atomic E-state index is 12.6. The predicted octanol–water partition coefficient (Wildman–Crippen LogP) is 8.00. The maximum Gasteiger partial charge on any atom is 0.434 e. The summed E-state index contributed by atoms with van der Waals surface area (Å²) in [6, 6.07) is 10.3. The zero-order valence-corrected chi connectivity index (χ0v) is 32.7. The van der Waals surface area contributed by atoms with E-state index in [0.717, 1.165) is 25.5 Å². The molecule has 5 aromatic rings. The van der Waals surface area contributed by atoms with E-state index in [4.69, 9.17) is 5.73 Å². The second kappa shape index (κ2) is 20.8. The molecule has 0 aliphatic rings. The van der Waals surface area contributed by atoms with Gasteiger partial charge in [0.15, 0.2) is 11.4 Å². The van der Waals surface area contributed by atoms with Crippen molar-refractivity contribution in [3.8, 4) is 0 Å². The normalized spacial score (nSPS) is 10.7. The highest BCUT2D eigenvalue weighted by Gasteiger charge is 2.37. The van der Waals surface area contributed by atoms with Gasteiger partial charge in [-0.3, -0.25) is 28.0 Å². The Bertz CT molecular complexity index is 2090. The van der Waals surface area contributed by atoms with E-state index in [1.807, 2.05) is 19.1 Å². The number of hydrogen-bond donors (Lipinski definition) is 1. The number of alkyl halides is 6. The Balaban J connectivity index is 0.000000357. The van der Waals surface area contributed by atoms with Crippen LogP contribution in [-0.4, -0.2) is 42.1 Å². The molecule has 5 aromatic heterocycles. The molecule has 0 saturated heterocycles. The van der Waals surface area contributed by atoms with E-state index in [-0.39, 0.29) is 23.5 Å². The summed E-state index contributed by atoms with van der Waals surface area (Å²) in [6.07, 6.45) is -4.86. The lowest BCUT2D eigenvalue weighted by Crippen LogP contribution is -2.22. The molecule has 0 atom stereocenters. The van der Waals surface area contributed by atoms with Crippen molar-refractivity contribution in [3.05, 3.63) is 114 Å². The first kappa shape index (κ1) is 45.9. The van der Waals surface area contributed by atoms with Crippen LogP contribution in [0.1, 0.15) is 48.3 Å². The van der Waals surface area contributed by atoms with Crippen LogP contribution in [-0.2, 0) is 26.7 Å². The molecule has 11 nitrogen and oxygen atoms in total. The number of nitrogens with zero attached hydrogens (tertiary/aromatic N) is 5. The molecular weight excluding hydrogens is 902 g/mol. The molecule has 0 aromatic carbocycles. The van der Waals surface area contributed by atoms with Gasteiger partial charge in [0, 0.05) is 52.9 Å². The minimum absolute atomic E-state index is 0.000162. The standard InChI is InChI=1S/C10H6BrF3N2O.C10H7F3N2O.C6H8N2.C6H10O3.Br2/c1-5-2-3-16-6(4-5)15-8(10(12,13)14)7(11)9(16)17;1-6-2-3-15-8(4-6)14-7(5-9(15)16)10(11,12)13;1-5-2-3-8-6(7)4-5;1-3-9-6(8)4-5(2)7;1-2/h2-4H,1H3;2-5H,1H3;2-4H,1H3,(H2,7,8);3-4H2,1-2H3;. The molecule has 20 heteroatoms. The van der Waals surface area contributed by atoms with Crippen LogP contribution < -0.4 is 16.9 Å². The van der Waals surface area contributed by atoms with E-state index >= 15 is 0 Å². The summed E-state index contributed by atoms with van der Waals surface area (Å²) in [6.45, 7) is 8.81. The minimum atomic E-state index is -4.66. The smallest absolute Gasteiger partial charge is 0.434 e. The highest BCUT2D eigenvalue weighted by Crippen LogP contribution is 2.31. The molecule has 5 rings (SSSR count). The summed E-state index contributed by atoms with van der Waals surface area (Å²) in [5.41, 5.74) is 4.07. The zero-order valence-electron chi connectivity index (χ0n) is 27.9. The number of hydrogen-bond acceptors (Lipinski definition) is 9.